The summed E-state index contributed by atoms with van der Waals surface area (Å²) >= 11 is 0. The van der Waals surface area contributed by atoms with E-state index in [-0.39, 0.29) is 12.2 Å². The van der Waals surface area contributed by atoms with Gasteiger partial charge < -0.3 is 4.74 Å². The van der Waals surface area contributed by atoms with E-state index in [1.165, 1.54) is 0 Å². The maximum Gasteiger partial charge on any atom is 0.243 e. The van der Waals surface area contributed by atoms with Gasteiger partial charge in [-0.25, -0.2) is 26.3 Å². The van der Waals surface area contributed by atoms with Crippen LogP contribution in [0, 0.1) is 17.5 Å². The quantitative estimate of drug-likeness (QED) is 0.812. The lowest BCUT2D eigenvalue weighted by Gasteiger charge is -2.16. The summed E-state index contributed by atoms with van der Waals surface area (Å²) in [6, 6.07) is 0.0995. The fourth-order valence-electron chi connectivity index (χ4n) is 2.41. The summed E-state index contributed by atoms with van der Waals surface area (Å²) in [4.78, 5) is -0.893. The highest BCUT2D eigenvalue weighted by atomic mass is 32.2. The molecule has 22 heavy (non-hydrogen) atoms. The topological polar surface area (TPSA) is 55.4 Å². The smallest absolute Gasteiger partial charge is 0.243 e. The van der Waals surface area contributed by atoms with E-state index in [9.17, 15) is 21.6 Å². The van der Waals surface area contributed by atoms with E-state index in [0.717, 1.165) is 12.8 Å². The van der Waals surface area contributed by atoms with Crippen molar-refractivity contribution in [2.45, 2.75) is 49.6 Å². The number of sulfonamides is 1. The zero-order valence-electron chi connectivity index (χ0n) is 12.1. The van der Waals surface area contributed by atoms with Crippen molar-refractivity contribution < 1.29 is 26.3 Å². The van der Waals surface area contributed by atoms with Crippen molar-refractivity contribution in [3.8, 4) is 0 Å². The number of benzene rings is 1. The van der Waals surface area contributed by atoms with Crippen LogP contribution in [0.4, 0.5) is 13.2 Å². The molecular weight excluding hydrogens is 319 g/mol. The summed E-state index contributed by atoms with van der Waals surface area (Å²) in [5, 5.41) is 0. The van der Waals surface area contributed by atoms with Gasteiger partial charge in [-0.2, -0.15) is 0 Å². The summed E-state index contributed by atoms with van der Waals surface area (Å²) in [6.07, 6.45) is 3.24. The van der Waals surface area contributed by atoms with E-state index >= 15 is 0 Å². The van der Waals surface area contributed by atoms with Crippen LogP contribution in [0.5, 0.6) is 0 Å². The maximum atomic E-state index is 13.6. The molecule has 1 aromatic carbocycles. The Kier molecular flexibility index (Phi) is 5.46. The van der Waals surface area contributed by atoms with Crippen molar-refractivity contribution in [2.75, 3.05) is 6.61 Å². The lowest BCUT2D eigenvalue weighted by molar-refractivity contribution is 0.101. The molecule has 124 valence electrons. The molecule has 8 heteroatoms. The Morgan fingerprint density at radius 1 is 1.27 bits per heavy atom. The Morgan fingerprint density at radius 3 is 2.59 bits per heavy atom. The second-order valence-electron chi connectivity index (χ2n) is 5.43. The Bertz CT molecular complexity index is 630. The van der Waals surface area contributed by atoms with Gasteiger partial charge in [-0.1, -0.05) is 0 Å². The van der Waals surface area contributed by atoms with Gasteiger partial charge in [0.1, 0.15) is 10.7 Å². The summed E-state index contributed by atoms with van der Waals surface area (Å²) in [5.41, 5.74) is 0. The van der Waals surface area contributed by atoms with Crippen LogP contribution in [-0.2, 0) is 14.8 Å². The summed E-state index contributed by atoms with van der Waals surface area (Å²) in [5.74, 6) is -4.16. The second kappa shape index (κ2) is 6.97. The van der Waals surface area contributed by atoms with Crippen LogP contribution in [0.3, 0.4) is 0 Å². The molecule has 0 radical (unpaired) electrons. The molecule has 2 atom stereocenters. The molecule has 0 saturated carbocycles. The van der Waals surface area contributed by atoms with Gasteiger partial charge in [-0.3, -0.25) is 0 Å². The molecule has 1 heterocycles. The van der Waals surface area contributed by atoms with Crippen molar-refractivity contribution in [3.63, 3.8) is 0 Å². The molecule has 2 rings (SSSR count). The largest absolute Gasteiger partial charge is 0.378 e. The minimum Gasteiger partial charge on any atom is -0.378 e. The maximum absolute atomic E-state index is 13.6. The Labute approximate surface area is 127 Å². The molecule has 1 N–H and O–H groups in total. The van der Waals surface area contributed by atoms with Crippen molar-refractivity contribution in [1.29, 1.82) is 0 Å². The van der Waals surface area contributed by atoms with Crippen molar-refractivity contribution in [1.82, 2.24) is 4.72 Å². The zero-order chi connectivity index (χ0) is 16.3. The molecule has 1 fully saturated rings. The molecule has 0 spiro atoms. The van der Waals surface area contributed by atoms with Crippen LogP contribution in [0.2, 0.25) is 0 Å². The van der Waals surface area contributed by atoms with E-state index in [4.69, 9.17) is 4.74 Å². The molecule has 1 aliphatic rings. The van der Waals surface area contributed by atoms with E-state index in [2.05, 4.69) is 4.72 Å². The summed E-state index contributed by atoms with van der Waals surface area (Å²) in [7, 11) is -4.25. The predicted molar refractivity (Wildman–Crippen MR) is 74.3 cm³/mol. The Morgan fingerprint density at radius 2 is 1.95 bits per heavy atom. The number of hydrogen-bond donors (Lipinski definition) is 1. The van der Waals surface area contributed by atoms with Crippen LogP contribution in [0.15, 0.2) is 17.0 Å². The average Bonchev–Trinajstić information content (AvgIpc) is 2.93. The van der Waals surface area contributed by atoms with Gasteiger partial charge in [0.2, 0.25) is 10.0 Å². The molecule has 0 unspecified atom stereocenters. The second-order valence-corrected chi connectivity index (χ2v) is 7.11. The highest BCUT2D eigenvalue weighted by Gasteiger charge is 2.24. The van der Waals surface area contributed by atoms with Crippen LogP contribution < -0.4 is 4.72 Å². The molecule has 0 bridgehead atoms. The minimum absolute atomic E-state index is 0.118. The molecule has 0 aliphatic carbocycles. The van der Waals surface area contributed by atoms with Crippen LogP contribution in [-0.4, -0.2) is 27.2 Å². The average molecular weight is 337 g/mol. The number of ether oxygens (including phenoxy) is 1. The molecular formula is C14H18F3NO3S. The highest BCUT2D eigenvalue weighted by molar-refractivity contribution is 7.89. The van der Waals surface area contributed by atoms with E-state index in [1.54, 1.807) is 6.92 Å². The Balaban J connectivity index is 2.02. The molecule has 1 aromatic rings. The van der Waals surface area contributed by atoms with Crippen molar-refractivity contribution >= 4 is 10.0 Å². The van der Waals surface area contributed by atoms with Crippen molar-refractivity contribution in [3.05, 3.63) is 29.6 Å². The molecule has 0 aromatic heterocycles. The van der Waals surface area contributed by atoms with Crippen molar-refractivity contribution in [2.24, 2.45) is 0 Å². The van der Waals surface area contributed by atoms with Gasteiger partial charge in [0.25, 0.3) is 0 Å². The molecule has 1 aliphatic heterocycles. The first kappa shape index (κ1) is 17.2. The summed E-state index contributed by atoms with van der Waals surface area (Å²) in [6.45, 7) is 2.34. The molecule has 0 amide bonds. The first-order valence-corrected chi connectivity index (χ1v) is 8.56. The lowest BCUT2D eigenvalue weighted by atomic mass is 10.1. The number of nitrogens with one attached hydrogen (secondary N) is 1. The van der Waals surface area contributed by atoms with Gasteiger partial charge in [0.05, 0.1) is 6.10 Å². The van der Waals surface area contributed by atoms with Gasteiger partial charge >= 0.3 is 0 Å². The minimum atomic E-state index is -4.25. The fraction of sp³-hybridized carbons (Fsp3) is 0.571. The first-order valence-electron chi connectivity index (χ1n) is 7.08. The standard InChI is InChI=1S/C14H18F3NO3S/c1-9(4-5-10-3-2-6-21-10)18-22(19,20)14-8-12(16)11(15)7-13(14)17/h7-10,18H,2-6H2,1H3/t9-,10+/m1/s1. The van der Waals surface area contributed by atoms with Crippen LogP contribution in [0.1, 0.15) is 32.6 Å². The number of halogens is 3. The SMILES string of the molecule is C[C@H](CC[C@@H]1CCCO1)NS(=O)(=O)c1cc(F)c(F)cc1F. The Hall–Kier alpha value is -1.12. The van der Waals surface area contributed by atoms with Gasteiger partial charge in [-0.15, -0.1) is 0 Å². The fourth-order valence-corrected chi connectivity index (χ4v) is 3.75. The third-order valence-corrected chi connectivity index (χ3v) is 5.17. The predicted octanol–water partition coefficient (Wildman–Crippen LogP) is 2.73. The molecule has 4 nitrogen and oxygen atoms in total. The van der Waals surface area contributed by atoms with Gasteiger partial charge in [0.15, 0.2) is 11.6 Å². The lowest BCUT2D eigenvalue weighted by Crippen LogP contribution is -2.33. The van der Waals surface area contributed by atoms with E-state index in [0.29, 0.717) is 25.5 Å². The third-order valence-electron chi connectivity index (χ3n) is 3.57. The number of rotatable bonds is 6. The first-order chi connectivity index (χ1) is 10.3. The number of hydrogen-bond acceptors (Lipinski definition) is 3. The summed E-state index contributed by atoms with van der Waals surface area (Å²) < 4.78 is 71.4. The molecule has 1 saturated heterocycles. The monoisotopic (exact) mass is 337 g/mol. The van der Waals surface area contributed by atoms with Crippen LogP contribution in [0.25, 0.3) is 0 Å². The normalized spacial score (nSPS) is 20.3. The third kappa shape index (κ3) is 4.21. The highest BCUT2D eigenvalue weighted by Crippen LogP contribution is 2.21. The van der Waals surface area contributed by atoms with E-state index in [1.807, 2.05) is 0 Å². The van der Waals surface area contributed by atoms with Gasteiger partial charge in [0, 0.05) is 18.7 Å². The van der Waals surface area contributed by atoms with Gasteiger partial charge in [-0.05, 0) is 38.7 Å². The van der Waals surface area contributed by atoms with Crippen LogP contribution >= 0.6 is 0 Å². The zero-order valence-corrected chi connectivity index (χ0v) is 12.9. The van der Waals surface area contributed by atoms with E-state index < -0.39 is 38.4 Å².